The smallest absolute Gasteiger partial charge is 0.175 e. The van der Waals surface area contributed by atoms with E-state index in [0.29, 0.717) is 30.5 Å². The molecule has 9 nitrogen and oxygen atoms in total. The van der Waals surface area contributed by atoms with Crippen LogP contribution in [0.25, 0.3) is 22.4 Å². The molecule has 1 fully saturated rings. The normalized spacial score (nSPS) is 18.1. The zero-order chi connectivity index (χ0) is 23.3. The highest BCUT2D eigenvalue weighted by atomic mass is 32.2. The molecule has 0 bridgehead atoms. The summed E-state index contributed by atoms with van der Waals surface area (Å²) in [5.74, 6) is 1.53. The first-order chi connectivity index (χ1) is 16.5. The first-order valence-corrected chi connectivity index (χ1v) is 13.0. The van der Waals surface area contributed by atoms with Crippen molar-refractivity contribution in [2.45, 2.75) is 17.5 Å². The Morgan fingerprint density at radius 3 is 2.82 bits per heavy atom. The summed E-state index contributed by atoms with van der Waals surface area (Å²) in [5, 5.41) is 1.02. The number of anilines is 2. The fraction of sp³-hybridized carbons (Fsp3) is 0.292. The van der Waals surface area contributed by atoms with Gasteiger partial charge in [0.2, 0.25) is 0 Å². The van der Waals surface area contributed by atoms with Crippen molar-refractivity contribution < 1.29 is 13.2 Å². The average molecular weight is 477 g/mol. The van der Waals surface area contributed by atoms with Crippen LogP contribution in [0.5, 0.6) is 0 Å². The van der Waals surface area contributed by atoms with Crippen LogP contribution in [0.3, 0.4) is 0 Å². The van der Waals surface area contributed by atoms with E-state index >= 15 is 0 Å². The summed E-state index contributed by atoms with van der Waals surface area (Å²) in [6.07, 6.45) is 6.77. The molecule has 3 aromatic heterocycles. The summed E-state index contributed by atoms with van der Waals surface area (Å²) in [4.78, 5) is 22.2. The number of hydrogen-bond donors (Lipinski definition) is 1. The number of nitrogens with zero attached hydrogens (tertiary/aromatic N) is 5. The number of fused-ring (bicyclic) bond motifs is 4. The first kappa shape index (κ1) is 21.1. The van der Waals surface area contributed by atoms with Crippen molar-refractivity contribution >= 4 is 32.4 Å². The van der Waals surface area contributed by atoms with E-state index in [1.165, 1.54) is 6.26 Å². The Kier molecular flexibility index (Phi) is 5.00. The van der Waals surface area contributed by atoms with E-state index in [0.717, 1.165) is 46.8 Å². The number of aromatic amines is 1. The van der Waals surface area contributed by atoms with Crippen molar-refractivity contribution in [3.63, 3.8) is 0 Å². The maximum atomic E-state index is 11.8. The Morgan fingerprint density at radius 1 is 1.15 bits per heavy atom. The number of ether oxygens (including phenoxy) is 1. The van der Waals surface area contributed by atoms with Gasteiger partial charge >= 0.3 is 0 Å². The van der Waals surface area contributed by atoms with Gasteiger partial charge in [0.05, 0.1) is 36.0 Å². The van der Waals surface area contributed by atoms with E-state index in [9.17, 15) is 8.42 Å². The average Bonchev–Trinajstić information content (AvgIpc) is 3.32. The van der Waals surface area contributed by atoms with Crippen LogP contribution >= 0.6 is 0 Å². The minimum absolute atomic E-state index is 0.185. The van der Waals surface area contributed by atoms with E-state index in [-0.39, 0.29) is 6.04 Å². The molecular formula is C24H24N6O3S. The summed E-state index contributed by atoms with van der Waals surface area (Å²) in [6, 6.07) is 11.3. The predicted molar refractivity (Wildman–Crippen MR) is 130 cm³/mol. The summed E-state index contributed by atoms with van der Waals surface area (Å²) in [5.41, 5.74) is 3.69. The monoisotopic (exact) mass is 476 g/mol. The number of morpholine rings is 1. The van der Waals surface area contributed by atoms with Crippen LogP contribution in [0.4, 0.5) is 11.5 Å². The number of nitrogens with one attached hydrogen (secondary N) is 1. The van der Waals surface area contributed by atoms with Gasteiger partial charge in [-0.2, -0.15) is 0 Å². The van der Waals surface area contributed by atoms with Gasteiger partial charge in [-0.3, -0.25) is 0 Å². The summed E-state index contributed by atoms with van der Waals surface area (Å²) >= 11 is 0. The molecule has 0 amide bonds. The molecule has 1 N–H and O–H groups in total. The molecule has 10 heteroatoms. The van der Waals surface area contributed by atoms with Crippen molar-refractivity contribution in [3.05, 3.63) is 60.6 Å². The lowest BCUT2D eigenvalue weighted by Crippen LogP contribution is -2.55. The molecule has 34 heavy (non-hydrogen) atoms. The molecule has 0 spiro atoms. The molecule has 5 heterocycles. The molecule has 4 aromatic rings. The van der Waals surface area contributed by atoms with Crippen LogP contribution in [-0.4, -0.2) is 67.0 Å². The van der Waals surface area contributed by atoms with Crippen molar-refractivity contribution in [2.75, 3.05) is 42.4 Å². The Hall–Kier alpha value is -3.50. The molecule has 1 aromatic carbocycles. The largest absolute Gasteiger partial charge is 0.377 e. The van der Waals surface area contributed by atoms with Gasteiger partial charge in [-0.15, -0.1) is 0 Å². The third-order valence-corrected chi connectivity index (χ3v) is 7.53. The second-order valence-corrected chi connectivity index (χ2v) is 10.8. The summed E-state index contributed by atoms with van der Waals surface area (Å²) in [7, 11) is -3.22. The fourth-order valence-corrected chi connectivity index (χ4v) is 5.28. The molecular weight excluding hydrogens is 452 g/mol. The highest BCUT2D eigenvalue weighted by Crippen LogP contribution is 2.37. The number of aromatic nitrogens is 4. The lowest BCUT2D eigenvalue weighted by atomic mass is 10.1. The molecule has 1 unspecified atom stereocenters. The van der Waals surface area contributed by atoms with Gasteiger partial charge < -0.3 is 19.5 Å². The quantitative estimate of drug-likeness (QED) is 0.479. The Balaban J connectivity index is 1.36. The van der Waals surface area contributed by atoms with E-state index in [1.807, 2.05) is 36.7 Å². The van der Waals surface area contributed by atoms with Crippen molar-refractivity contribution in [1.82, 2.24) is 19.9 Å². The van der Waals surface area contributed by atoms with Crippen LogP contribution in [0, 0.1) is 0 Å². The molecule has 1 saturated heterocycles. The predicted octanol–water partition coefficient (Wildman–Crippen LogP) is 2.65. The second-order valence-electron chi connectivity index (χ2n) is 8.76. The maximum Gasteiger partial charge on any atom is 0.175 e. The van der Waals surface area contributed by atoms with Gasteiger partial charge in [0.15, 0.2) is 21.5 Å². The Morgan fingerprint density at radius 2 is 2.00 bits per heavy atom. The number of rotatable bonds is 4. The van der Waals surface area contributed by atoms with E-state index in [1.54, 1.807) is 18.3 Å². The van der Waals surface area contributed by atoms with Gasteiger partial charge in [-0.25, -0.2) is 23.4 Å². The fourth-order valence-electron chi connectivity index (χ4n) is 4.65. The third-order valence-electron chi connectivity index (χ3n) is 6.40. The van der Waals surface area contributed by atoms with Crippen molar-refractivity contribution in [1.29, 1.82) is 0 Å². The zero-order valence-electron chi connectivity index (χ0n) is 18.7. The van der Waals surface area contributed by atoms with Gasteiger partial charge in [-0.05, 0) is 29.8 Å². The number of sulfone groups is 1. The molecule has 2 aliphatic rings. The van der Waals surface area contributed by atoms with E-state index in [4.69, 9.17) is 9.72 Å². The van der Waals surface area contributed by atoms with Crippen molar-refractivity contribution in [3.8, 4) is 11.4 Å². The Bertz CT molecular complexity index is 1470. The molecule has 2 aliphatic heterocycles. The number of H-pyrrole nitrogens is 1. The molecule has 6 rings (SSSR count). The minimum atomic E-state index is -3.22. The van der Waals surface area contributed by atoms with Crippen LogP contribution in [0.1, 0.15) is 5.56 Å². The van der Waals surface area contributed by atoms with Crippen LogP contribution < -0.4 is 9.80 Å². The second kappa shape index (κ2) is 8.07. The third kappa shape index (κ3) is 3.78. The highest BCUT2D eigenvalue weighted by Gasteiger charge is 2.34. The van der Waals surface area contributed by atoms with Gasteiger partial charge in [0.25, 0.3) is 0 Å². The topological polar surface area (TPSA) is 104 Å². The number of benzene rings is 1. The first-order valence-electron chi connectivity index (χ1n) is 11.1. The SMILES string of the molecule is CS(=O)(=O)c1ccc(CN2CC3COCCN3c3nc(-c4cnc5[nH]ccc5c4)ncc32)cc1. The molecule has 0 saturated carbocycles. The van der Waals surface area contributed by atoms with Crippen molar-refractivity contribution in [2.24, 2.45) is 0 Å². The number of hydrogen-bond acceptors (Lipinski definition) is 8. The standard InChI is InChI=1S/C24H24N6O3S/c1-34(31,32)20-4-2-16(3-5-20)13-29-14-19-15-33-9-8-30(19)24-21(29)12-27-23(28-24)18-10-17-6-7-25-22(17)26-11-18/h2-7,10-12,19H,8-9,13-15H2,1H3,(H,25,26). The lowest BCUT2D eigenvalue weighted by molar-refractivity contribution is 0.0936. The number of pyridine rings is 1. The highest BCUT2D eigenvalue weighted by molar-refractivity contribution is 7.90. The van der Waals surface area contributed by atoms with Crippen LogP contribution in [-0.2, 0) is 21.1 Å². The molecule has 1 atom stereocenters. The summed E-state index contributed by atoms with van der Waals surface area (Å²) in [6.45, 7) is 3.49. The molecule has 174 valence electrons. The Labute approximate surface area is 197 Å². The maximum absolute atomic E-state index is 11.8. The zero-order valence-corrected chi connectivity index (χ0v) is 19.5. The minimum Gasteiger partial charge on any atom is -0.377 e. The van der Waals surface area contributed by atoms with Crippen LogP contribution in [0.2, 0.25) is 0 Å². The van der Waals surface area contributed by atoms with Crippen LogP contribution in [0.15, 0.2) is 59.9 Å². The molecule has 0 aliphatic carbocycles. The van der Waals surface area contributed by atoms with Gasteiger partial charge in [-0.1, -0.05) is 12.1 Å². The summed E-state index contributed by atoms with van der Waals surface area (Å²) < 4.78 is 29.4. The van der Waals surface area contributed by atoms with E-state index in [2.05, 4.69) is 24.8 Å². The van der Waals surface area contributed by atoms with E-state index < -0.39 is 9.84 Å². The lowest BCUT2D eigenvalue weighted by Gasteiger charge is -2.45. The molecule has 0 radical (unpaired) electrons. The van der Waals surface area contributed by atoms with Gasteiger partial charge in [0.1, 0.15) is 5.65 Å². The van der Waals surface area contributed by atoms with Gasteiger partial charge in [0, 0.05) is 49.2 Å².